The fourth-order valence-electron chi connectivity index (χ4n) is 2.47. The maximum atomic E-state index is 12.2. The topological polar surface area (TPSA) is 67.4 Å². The van der Waals surface area contributed by atoms with Crippen LogP contribution in [0.1, 0.15) is 32.6 Å². The summed E-state index contributed by atoms with van der Waals surface area (Å²) in [6, 6.07) is 7.26. The molecular formula is C17H24N2O3. The summed E-state index contributed by atoms with van der Waals surface area (Å²) < 4.78 is 5.20. The highest BCUT2D eigenvalue weighted by Crippen LogP contribution is 2.40. The predicted molar refractivity (Wildman–Crippen MR) is 85.8 cm³/mol. The molecule has 1 fully saturated rings. The molecule has 120 valence electrons. The number of nitrogens with one attached hydrogen (secondary N) is 2. The average molecular weight is 304 g/mol. The van der Waals surface area contributed by atoms with Crippen molar-refractivity contribution in [3.63, 3.8) is 0 Å². The highest BCUT2D eigenvalue weighted by Gasteiger charge is 2.47. The van der Waals surface area contributed by atoms with Crippen LogP contribution in [0, 0.1) is 11.8 Å². The first-order valence-electron chi connectivity index (χ1n) is 7.89. The number of amides is 2. The molecule has 0 spiro atoms. The Morgan fingerprint density at radius 2 is 1.91 bits per heavy atom. The molecule has 2 unspecified atom stereocenters. The molecule has 5 heteroatoms. The number of benzene rings is 1. The van der Waals surface area contributed by atoms with Gasteiger partial charge in [-0.2, -0.15) is 0 Å². The Hall–Kier alpha value is -2.04. The first-order chi connectivity index (χ1) is 10.7. The van der Waals surface area contributed by atoms with Crippen LogP contribution in [0.5, 0.6) is 5.75 Å². The minimum atomic E-state index is -0.226. The van der Waals surface area contributed by atoms with Gasteiger partial charge in [-0.3, -0.25) is 9.59 Å². The van der Waals surface area contributed by atoms with Gasteiger partial charge in [-0.1, -0.05) is 31.9 Å². The van der Waals surface area contributed by atoms with Crippen LogP contribution in [-0.2, 0) is 9.59 Å². The second kappa shape index (κ2) is 7.82. The van der Waals surface area contributed by atoms with Crippen molar-refractivity contribution in [3.8, 4) is 5.75 Å². The van der Waals surface area contributed by atoms with Crippen molar-refractivity contribution in [1.29, 1.82) is 0 Å². The molecule has 1 aliphatic rings. The van der Waals surface area contributed by atoms with E-state index in [-0.39, 0.29) is 23.7 Å². The Morgan fingerprint density at radius 3 is 2.64 bits per heavy atom. The van der Waals surface area contributed by atoms with Gasteiger partial charge >= 0.3 is 0 Å². The number of hydrogen-bond donors (Lipinski definition) is 2. The van der Waals surface area contributed by atoms with Crippen LogP contribution in [-0.4, -0.2) is 25.5 Å². The Balaban J connectivity index is 1.79. The van der Waals surface area contributed by atoms with Crippen LogP contribution in [0.15, 0.2) is 24.3 Å². The van der Waals surface area contributed by atoms with Gasteiger partial charge in [0, 0.05) is 6.54 Å². The standard InChI is InChI=1S/C17H24N2O3/c1-3-4-7-10-18-16(20)12-11-13(12)17(21)19-14-8-5-6-9-15(14)22-2/h5-6,8-9,12-13H,3-4,7,10-11H2,1-2H3,(H,18,20)(H,19,21). The third-order valence-electron chi connectivity index (χ3n) is 3.91. The van der Waals surface area contributed by atoms with E-state index in [1.54, 1.807) is 19.2 Å². The van der Waals surface area contributed by atoms with Gasteiger partial charge in [-0.05, 0) is 25.0 Å². The lowest BCUT2D eigenvalue weighted by Crippen LogP contribution is -2.28. The lowest BCUT2D eigenvalue weighted by molar-refractivity contribution is -0.125. The minimum Gasteiger partial charge on any atom is -0.495 e. The lowest BCUT2D eigenvalue weighted by atomic mass is 10.2. The number of carbonyl (C=O) groups excluding carboxylic acids is 2. The second-order valence-corrected chi connectivity index (χ2v) is 5.64. The molecule has 2 N–H and O–H groups in total. The molecule has 0 radical (unpaired) electrons. The molecule has 2 amide bonds. The second-order valence-electron chi connectivity index (χ2n) is 5.64. The SMILES string of the molecule is CCCCCNC(=O)C1CC1C(=O)Nc1ccccc1OC. The summed E-state index contributed by atoms with van der Waals surface area (Å²) in [5, 5.41) is 5.75. The van der Waals surface area contributed by atoms with Crippen LogP contribution in [0.3, 0.4) is 0 Å². The largest absolute Gasteiger partial charge is 0.495 e. The highest BCUT2D eigenvalue weighted by molar-refractivity contribution is 6.00. The Bertz CT molecular complexity index is 530. The van der Waals surface area contributed by atoms with Crippen molar-refractivity contribution in [1.82, 2.24) is 5.32 Å². The molecule has 0 aliphatic heterocycles. The summed E-state index contributed by atoms with van der Waals surface area (Å²) >= 11 is 0. The Morgan fingerprint density at radius 1 is 1.18 bits per heavy atom. The molecule has 1 saturated carbocycles. The molecule has 0 aromatic heterocycles. The molecule has 1 aromatic carbocycles. The number of rotatable bonds is 8. The smallest absolute Gasteiger partial charge is 0.228 e. The van der Waals surface area contributed by atoms with Crippen molar-refractivity contribution >= 4 is 17.5 Å². The molecule has 2 rings (SSSR count). The minimum absolute atomic E-state index is 0.00344. The zero-order valence-corrected chi connectivity index (χ0v) is 13.2. The first-order valence-corrected chi connectivity index (χ1v) is 7.89. The third kappa shape index (κ3) is 4.23. The van der Waals surface area contributed by atoms with Gasteiger partial charge in [0.1, 0.15) is 5.75 Å². The molecule has 0 saturated heterocycles. The van der Waals surface area contributed by atoms with E-state index in [0.29, 0.717) is 24.4 Å². The number of ether oxygens (including phenoxy) is 1. The van der Waals surface area contributed by atoms with Gasteiger partial charge in [-0.15, -0.1) is 0 Å². The van der Waals surface area contributed by atoms with Crippen LogP contribution in [0.25, 0.3) is 0 Å². The number of carbonyl (C=O) groups is 2. The van der Waals surface area contributed by atoms with E-state index in [9.17, 15) is 9.59 Å². The van der Waals surface area contributed by atoms with Gasteiger partial charge in [0.2, 0.25) is 11.8 Å². The quantitative estimate of drug-likeness (QED) is 0.725. The molecule has 0 bridgehead atoms. The Labute approximate surface area is 131 Å². The molecule has 2 atom stereocenters. The van der Waals surface area contributed by atoms with Crippen molar-refractivity contribution in [2.24, 2.45) is 11.8 Å². The predicted octanol–water partition coefficient (Wildman–Crippen LogP) is 2.58. The van der Waals surface area contributed by atoms with Crippen LogP contribution in [0.4, 0.5) is 5.69 Å². The van der Waals surface area contributed by atoms with E-state index in [2.05, 4.69) is 17.6 Å². The Kier molecular flexibility index (Phi) is 5.81. The van der Waals surface area contributed by atoms with Gasteiger partial charge < -0.3 is 15.4 Å². The van der Waals surface area contributed by atoms with E-state index in [1.807, 2.05) is 12.1 Å². The molecule has 1 aliphatic carbocycles. The van der Waals surface area contributed by atoms with Crippen LogP contribution < -0.4 is 15.4 Å². The fraction of sp³-hybridized carbons (Fsp3) is 0.529. The zero-order chi connectivity index (χ0) is 15.9. The summed E-state index contributed by atoms with van der Waals surface area (Å²) in [5.41, 5.74) is 0.643. The van der Waals surface area contributed by atoms with E-state index < -0.39 is 0 Å². The molecular weight excluding hydrogens is 280 g/mol. The number of anilines is 1. The van der Waals surface area contributed by atoms with Crippen LogP contribution in [0.2, 0.25) is 0 Å². The summed E-state index contributed by atoms with van der Waals surface area (Å²) in [7, 11) is 1.56. The lowest BCUT2D eigenvalue weighted by Gasteiger charge is -2.09. The fourth-order valence-corrected chi connectivity index (χ4v) is 2.47. The molecule has 22 heavy (non-hydrogen) atoms. The van der Waals surface area contributed by atoms with Crippen molar-refractivity contribution < 1.29 is 14.3 Å². The molecule has 0 heterocycles. The van der Waals surface area contributed by atoms with E-state index >= 15 is 0 Å². The van der Waals surface area contributed by atoms with Crippen LogP contribution >= 0.6 is 0 Å². The maximum Gasteiger partial charge on any atom is 0.228 e. The van der Waals surface area contributed by atoms with Gasteiger partial charge in [0.05, 0.1) is 24.6 Å². The van der Waals surface area contributed by atoms with Crippen molar-refractivity contribution in [3.05, 3.63) is 24.3 Å². The zero-order valence-electron chi connectivity index (χ0n) is 13.2. The third-order valence-corrected chi connectivity index (χ3v) is 3.91. The van der Waals surface area contributed by atoms with E-state index in [1.165, 1.54) is 0 Å². The summed E-state index contributed by atoms with van der Waals surface area (Å²) in [5.74, 6) is 0.0963. The molecule has 1 aromatic rings. The van der Waals surface area contributed by atoms with Gasteiger partial charge in [0.15, 0.2) is 0 Å². The number of unbranched alkanes of at least 4 members (excludes halogenated alkanes) is 2. The van der Waals surface area contributed by atoms with E-state index in [0.717, 1.165) is 19.3 Å². The molecule has 5 nitrogen and oxygen atoms in total. The number of methoxy groups -OCH3 is 1. The van der Waals surface area contributed by atoms with Gasteiger partial charge in [0.25, 0.3) is 0 Å². The summed E-state index contributed by atoms with van der Waals surface area (Å²) in [4.78, 5) is 24.1. The van der Waals surface area contributed by atoms with Crippen molar-refractivity contribution in [2.75, 3.05) is 19.0 Å². The van der Waals surface area contributed by atoms with Crippen molar-refractivity contribution in [2.45, 2.75) is 32.6 Å². The maximum absolute atomic E-state index is 12.2. The normalized spacial score (nSPS) is 19.4. The average Bonchev–Trinajstić information content (AvgIpc) is 3.32. The monoisotopic (exact) mass is 304 g/mol. The summed E-state index contributed by atoms with van der Waals surface area (Å²) in [6.45, 7) is 2.82. The summed E-state index contributed by atoms with van der Waals surface area (Å²) in [6.07, 6.45) is 3.86. The first kappa shape index (κ1) is 16.3. The number of hydrogen-bond acceptors (Lipinski definition) is 3. The highest BCUT2D eigenvalue weighted by atomic mass is 16.5. The van der Waals surface area contributed by atoms with E-state index in [4.69, 9.17) is 4.74 Å². The number of para-hydroxylation sites is 2. The van der Waals surface area contributed by atoms with Gasteiger partial charge in [-0.25, -0.2) is 0 Å².